The van der Waals surface area contributed by atoms with Gasteiger partial charge in [0.2, 0.25) is 5.91 Å². The van der Waals surface area contributed by atoms with E-state index in [-0.39, 0.29) is 18.1 Å². The Kier molecular flexibility index (Phi) is 4.48. The Balaban J connectivity index is 2.07. The van der Waals surface area contributed by atoms with Gasteiger partial charge in [-0.1, -0.05) is 0 Å². The van der Waals surface area contributed by atoms with Crippen LogP contribution in [0.2, 0.25) is 0 Å². The zero-order chi connectivity index (χ0) is 14.0. The summed E-state index contributed by atoms with van der Waals surface area (Å²) in [6.45, 7) is 13.3. The molecule has 2 fully saturated rings. The van der Waals surface area contributed by atoms with Crippen LogP contribution in [0, 0.1) is 0 Å². The lowest BCUT2D eigenvalue weighted by Gasteiger charge is -2.46. The maximum Gasteiger partial charge on any atom is 0.242 e. The van der Waals surface area contributed by atoms with E-state index in [1.165, 1.54) is 0 Å². The minimum atomic E-state index is -0.423. The summed E-state index contributed by atoms with van der Waals surface area (Å²) in [6.07, 6.45) is 0.138. The molecule has 19 heavy (non-hydrogen) atoms. The van der Waals surface area contributed by atoms with Gasteiger partial charge in [0, 0.05) is 32.7 Å². The Bertz CT molecular complexity index is 327. The van der Waals surface area contributed by atoms with Crippen molar-refractivity contribution in [1.82, 2.24) is 15.1 Å². The molecule has 0 bridgehead atoms. The number of nitrogens with one attached hydrogen (secondary N) is 1. The van der Waals surface area contributed by atoms with E-state index in [1.54, 1.807) is 0 Å². The molecule has 2 aliphatic heterocycles. The zero-order valence-electron chi connectivity index (χ0n) is 12.6. The number of hydrogen-bond donors (Lipinski definition) is 1. The van der Waals surface area contributed by atoms with Gasteiger partial charge < -0.3 is 15.0 Å². The lowest BCUT2D eigenvalue weighted by Crippen LogP contribution is -2.63. The summed E-state index contributed by atoms with van der Waals surface area (Å²) in [4.78, 5) is 17.2. The predicted molar refractivity (Wildman–Crippen MR) is 75.1 cm³/mol. The normalized spacial score (nSPS) is 30.4. The largest absolute Gasteiger partial charge is 0.375 e. The van der Waals surface area contributed by atoms with Crippen molar-refractivity contribution >= 4 is 5.91 Å². The Hall–Kier alpha value is -0.650. The number of carbonyl (C=O) groups excluding carboxylic acids is 1. The highest BCUT2D eigenvalue weighted by atomic mass is 16.5. The standard InChI is InChI=1S/C14H27N3O2/c1-11-10-19-12(2)9-17(11)13(18)14(3,4)16-7-5-15-6-8-16/h11-12,15H,5-10H2,1-4H3. The fourth-order valence-corrected chi connectivity index (χ4v) is 2.90. The monoisotopic (exact) mass is 269 g/mol. The second-order valence-corrected chi connectivity index (χ2v) is 6.25. The average Bonchev–Trinajstić information content (AvgIpc) is 2.41. The van der Waals surface area contributed by atoms with Gasteiger partial charge in [-0.15, -0.1) is 0 Å². The van der Waals surface area contributed by atoms with Crippen LogP contribution in [0.25, 0.3) is 0 Å². The van der Waals surface area contributed by atoms with Gasteiger partial charge in [-0.05, 0) is 27.7 Å². The summed E-state index contributed by atoms with van der Waals surface area (Å²) in [5, 5.41) is 3.33. The van der Waals surface area contributed by atoms with E-state index in [0.29, 0.717) is 13.2 Å². The van der Waals surface area contributed by atoms with Gasteiger partial charge in [0.25, 0.3) is 0 Å². The Morgan fingerprint density at radius 3 is 2.53 bits per heavy atom. The summed E-state index contributed by atoms with van der Waals surface area (Å²) in [6, 6.07) is 0.172. The average molecular weight is 269 g/mol. The molecule has 0 aliphatic carbocycles. The van der Waals surface area contributed by atoms with Gasteiger partial charge in [0.05, 0.1) is 24.3 Å². The molecule has 0 aromatic heterocycles. The molecule has 5 heteroatoms. The van der Waals surface area contributed by atoms with Crippen molar-refractivity contribution in [2.45, 2.75) is 45.4 Å². The van der Waals surface area contributed by atoms with Crippen LogP contribution in [-0.2, 0) is 9.53 Å². The third-order valence-electron chi connectivity index (χ3n) is 4.30. The van der Waals surface area contributed by atoms with Crippen LogP contribution in [0.4, 0.5) is 0 Å². The number of piperazine rings is 1. The zero-order valence-corrected chi connectivity index (χ0v) is 12.6. The molecular weight excluding hydrogens is 242 g/mol. The van der Waals surface area contributed by atoms with Crippen LogP contribution < -0.4 is 5.32 Å². The number of rotatable bonds is 2. The first kappa shape index (κ1) is 14.8. The van der Waals surface area contributed by atoms with Crippen molar-refractivity contribution in [2.75, 3.05) is 39.3 Å². The van der Waals surface area contributed by atoms with Gasteiger partial charge in [0.15, 0.2) is 0 Å². The van der Waals surface area contributed by atoms with Crippen LogP contribution in [0.5, 0.6) is 0 Å². The third-order valence-corrected chi connectivity index (χ3v) is 4.30. The molecule has 110 valence electrons. The molecule has 2 aliphatic rings. The molecule has 2 rings (SSSR count). The Labute approximate surface area is 116 Å². The number of morpholine rings is 1. The first-order valence-corrected chi connectivity index (χ1v) is 7.31. The second-order valence-electron chi connectivity index (χ2n) is 6.25. The topological polar surface area (TPSA) is 44.8 Å². The van der Waals surface area contributed by atoms with E-state index in [1.807, 2.05) is 25.7 Å². The van der Waals surface area contributed by atoms with Crippen molar-refractivity contribution in [3.8, 4) is 0 Å². The minimum Gasteiger partial charge on any atom is -0.375 e. The molecule has 0 aromatic rings. The third kappa shape index (κ3) is 3.09. The fourth-order valence-electron chi connectivity index (χ4n) is 2.90. The van der Waals surface area contributed by atoms with Crippen LogP contribution in [0.3, 0.4) is 0 Å². The highest BCUT2D eigenvalue weighted by molar-refractivity contribution is 5.86. The highest BCUT2D eigenvalue weighted by Gasteiger charge is 2.41. The van der Waals surface area contributed by atoms with E-state index in [4.69, 9.17) is 4.74 Å². The lowest BCUT2D eigenvalue weighted by atomic mass is 9.98. The first-order chi connectivity index (χ1) is 8.93. The Morgan fingerprint density at radius 1 is 1.26 bits per heavy atom. The Morgan fingerprint density at radius 2 is 1.89 bits per heavy atom. The number of hydrogen-bond acceptors (Lipinski definition) is 4. The molecule has 1 N–H and O–H groups in total. The highest BCUT2D eigenvalue weighted by Crippen LogP contribution is 2.22. The van der Waals surface area contributed by atoms with Crippen molar-refractivity contribution in [2.24, 2.45) is 0 Å². The summed E-state index contributed by atoms with van der Waals surface area (Å²) >= 11 is 0. The molecule has 2 atom stereocenters. The molecule has 2 saturated heterocycles. The molecule has 1 amide bonds. The van der Waals surface area contributed by atoms with E-state index < -0.39 is 5.54 Å². The molecule has 2 unspecified atom stereocenters. The quantitative estimate of drug-likeness (QED) is 0.783. The van der Waals surface area contributed by atoms with Gasteiger partial charge in [-0.2, -0.15) is 0 Å². The van der Waals surface area contributed by atoms with Crippen LogP contribution in [0.15, 0.2) is 0 Å². The fraction of sp³-hybridized carbons (Fsp3) is 0.929. The maximum atomic E-state index is 12.9. The predicted octanol–water partition coefficient (Wildman–Crippen LogP) is 0.306. The van der Waals surface area contributed by atoms with E-state index in [2.05, 4.69) is 17.1 Å². The number of amides is 1. The smallest absolute Gasteiger partial charge is 0.242 e. The number of ether oxygens (including phenoxy) is 1. The number of carbonyl (C=O) groups is 1. The van der Waals surface area contributed by atoms with Crippen molar-refractivity contribution < 1.29 is 9.53 Å². The van der Waals surface area contributed by atoms with Crippen LogP contribution in [-0.4, -0.2) is 72.7 Å². The van der Waals surface area contributed by atoms with Gasteiger partial charge in [-0.25, -0.2) is 0 Å². The van der Waals surface area contributed by atoms with Gasteiger partial charge in [-0.3, -0.25) is 9.69 Å². The van der Waals surface area contributed by atoms with Crippen LogP contribution in [0.1, 0.15) is 27.7 Å². The molecule has 0 radical (unpaired) electrons. The van der Waals surface area contributed by atoms with Crippen molar-refractivity contribution in [3.63, 3.8) is 0 Å². The second kappa shape index (κ2) is 5.77. The van der Waals surface area contributed by atoms with Gasteiger partial charge >= 0.3 is 0 Å². The van der Waals surface area contributed by atoms with Crippen LogP contribution >= 0.6 is 0 Å². The van der Waals surface area contributed by atoms with Crippen molar-refractivity contribution in [3.05, 3.63) is 0 Å². The van der Waals surface area contributed by atoms with E-state index >= 15 is 0 Å². The summed E-state index contributed by atoms with van der Waals surface area (Å²) in [5.41, 5.74) is -0.423. The first-order valence-electron chi connectivity index (χ1n) is 7.31. The van der Waals surface area contributed by atoms with E-state index in [9.17, 15) is 4.79 Å². The minimum absolute atomic E-state index is 0.138. The van der Waals surface area contributed by atoms with E-state index in [0.717, 1.165) is 26.2 Å². The lowest BCUT2D eigenvalue weighted by molar-refractivity contribution is -0.155. The molecular formula is C14H27N3O2. The summed E-state index contributed by atoms with van der Waals surface area (Å²) < 4.78 is 5.61. The molecule has 0 saturated carbocycles. The van der Waals surface area contributed by atoms with Gasteiger partial charge in [0.1, 0.15) is 0 Å². The number of nitrogens with zero attached hydrogens (tertiary/aromatic N) is 2. The molecule has 0 aromatic carbocycles. The molecule has 2 heterocycles. The summed E-state index contributed by atoms with van der Waals surface area (Å²) in [5.74, 6) is 0.233. The maximum absolute atomic E-state index is 12.9. The SMILES string of the molecule is CC1CN(C(=O)C(C)(C)N2CCNCC2)C(C)CO1. The molecule has 0 spiro atoms. The van der Waals surface area contributed by atoms with Crippen molar-refractivity contribution in [1.29, 1.82) is 0 Å². The molecule has 5 nitrogen and oxygen atoms in total. The summed E-state index contributed by atoms with van der Waals surface area (Å²) in [7, 11) is 0.